The fourth-order valence-electron chi connectivity index (χ4n) is 1.28. The summed E-state index contributed by atoms with van der Waals surface area (Å²) in [6.45, 7) is -0.296. The van der Waals surface area contributed by atoms with E-state index in [1.807, 2.05) is 0 Å². The van der Waals surface area contributed by atoms with E-state index in [1.54, 1.807) is 6.07 Å². The molecule has 12 heavy (non-hydrogen) atoms. The highest BCUT2D eigenvalue weighted by Crippen LogP contribution is 2.39. The monoisotopic (exact) mass is 171 g/mol. The first-order chi connectivity index (χ1) is 5.77. The highest BCUT2D eigenvalue weighted by atomic mass is 19.3. The van der Waals surface area contributed by atoms with Crippen LogP contribution >= 0.6 is 0 Å². The molecule has 65 valence electrons. The minimum Gasteiger partial charge on any atom is -0.263 e. The van der Waals surface area contributed by atoms with Gasteiger partial charge in [-0.2, -0.15) is 5.10 Å². The summed E-state index contributed by atoms with van der Waals surface area (Å²) in [6.07, 6.45) is 2.48. The van der Waals surface area contributed by atoms with E-state index in [4.69, 9.17) is 0 Å². The molecule has 1 aromatic rings. The van der Waals surface area contributed by atoms with Gasteiger partial charge in [0.25, 0.3) is 6.43 Å². The zero-order chi connectivity index (χ0) is 8.55. The Morgan fingerprint density at radius 2 is 2.42 bits per heavy atom. The van der Waals surface area contributed by atoms with Crippen LogP contribution in [0.2, 0.25) is 0 Å². The molecule has 0 atom stereocenters. The molecule has 0 bridgehead atoms. The third-order valence-electron chi connectivity index (χ3n) is 2.00. The lowest BCUT2D eigenvalue weighted by atomic mass is 10.3. The Kier molecular flexibility index (Phi) is 1.83. The first-order valence-corrected chi connectivity index (χ1v) is 3.99. The molecule has 1 fully saturated rings. The van der Waals surface area contributed by atoms with Crippen LogP contribution in [0.5, 0.6) is 0 Å². The Hall–Kier alpha value is -0.930. The van der Waals surface area contributed by atoms with Gasteiger partial charge in [-0.25, -0.2) is 8.78 Å². The Morgan fingerprint density at radius 1 is 1.67 bits per heavy atom. The largest absolute Gasteiger partial charge is 0.263 e. The molecule has 4 heteroatoms. The van der Waals surface area contributed by atoms with E-state index in [2.05, 4.69) is 11.3 Å². The van der Waals surface area contributed by atoms with E-state index in [9.17, 15) is 8.78 Å². The van der Waals surface area contributed by atoms with Gasteiger partial charge in [0.15, 0.2) is 0 Å². The maximum absolute atomic E-state index is 12.0. The molecule has 1 heterocycles. The Balaban J connectivity index is 2.13. The summed E-state index contributed by atoms with van der Waals surface area (Å²) in [5, 5.41) is 3.73. The van der Waals surface area contributed by atoms with Crippen LogP contribution in [0.3, 0.4) is 0 Å². The number of hydrogen-bond donors (Lipinski definition) is 0. The molecule has 1 aromatic heterocycles. The molecule has 2 nitrogen and oxygen atoms in total. The van der Waals surface area contributed by atoms with E-state index in [-0.39, 0.29) is 6.54 Å². The highest BCUT2D eigenvalue weighted by molar-refractivity contribution is 5.13. The van der Waals surface area contributed by atoms with Crippen LogP contribution in [0, 0.1) is 6.20 Å². The molecule has 0 saturated heterocycles. The van der Waals surface area contributed by atoms with Crippen LogP contribution in [0.4, 0.5) is 8.78 Å². The molecular weight excluding hydrogens is 162 g/mol. The van der Waals surface area contributed by atoms with Crippen LogP contribution in [0.15, 0.2) is 6.07 Å². The van der Waals surface area contributed by atoms with Crippen molar-refractivity contribution in [3.63, 3.8) is 0 Å². The van der Waals surface area contributed by atoms with Gasteiger partial charge in [-0.15, -0.1) is 0 Å². The maximum Gasteiger partial charge on any atom is 0.257 e. The van der Waals surface area contributed by atoms with Crippen molar-refractivity contribution in [1.29, 1.82) is 0 Å². The topological polar surface area (TPSA) is 17.8 Å². The van der Waals surface area contributed by atoms with Crippen LogP contribution in [0.25, 0.3) is 0 Å². The lowest BCUT2D eigenvalue weighted by Crippen LogP contribution is -2.10. The first-order valence-electron chi connectivity index (χ1n) is 3.99. The SMILES string of the molecule is FC(F)Cn1n[c]cc1C1CC1. The summed E-state index contributed by atoms with van der Waals surface area (Å²) in [5.74, 6) is 0.461. The van der Waals surface area contributed by atoms with Crippen molar-refractivity contribution in [2.75, 3.05) is 0 Å². The Labute approximate surface area is 69.2 Å². The summed E-state index contributed by atoms with van der Waals surface area (Å²) < 4.78 is 25.3. The molecule has 1 saturated carbocycles. The third kappa shape index (κ3) is 1.47. The molecule has 0 unspecified atom stereocenters. The predicted molar refractivity (Wildman–Crippen MR) is 39.0 cm³/mol. The van der Waals surface area contributed by atoms with Crippen LogP contribution < -0.4 is 0 Å². The van der Waals surface area contributed by atoms with Crippen molar-refractivity contribution < 1.29 is 8.78 Å². The summed E-state index contributed by atoms with van der Waals surface area (Å²) in [4.78, 5) is 0. The minimum absolute atomic E-state index is 0.296. The zero-order valence-electron chi connectivity index (χ0n) is 6.50. The fourth-order valence-corrected chi connectivity index (χ4v) is 1.28. The number of hydrogen-bond acceptors (Lipinski definition) is 1. The molecule has 0 amide bonds. The first kappa shape index (κ1) is 7.71. The Bertz CT molecular complexity index is 266. The van der Waals surface area contributed by atoms with E-state index in [0.717, 1.165) is 18.5 Å². The molecule has 0 N–H and O–H groups in total. The van der Waals surface area contributed by atoms with Gasteiger partial charge in [0.05, 0.1) is 0 Å². The number of halogens is 2. The summed E-state index contributed by atoms with van der Waals surface area (Å²) in [5.41, 5.74) is 0.912. The molecule has 1 aliphatic rings. The summed E-state index contributed by atoms with van der Waals surface area (Å²) >= 11 is 0. The van der Waals surface area contributed by atoms with Crippen LogP contribution in [-0.2, 0) is 6.54 Å². The Morgan fingerprint density at radius 3 is 3.00 bits per heavy atom. The second-order valence-corrected chi connectivity index (χ2v) is 3.05. The average Bonchev–Trinajstić information content (AvgIpc) is 2.73. The van der Waals surface area contributed by atoms with Crippen molar-refractivity contribution in [2.24, 2.45) is 0 Å². The summed E-state index contributed by atoms with van der Waals surface area (Å²) in [7, 11) is 0. The molecule has 1 aliphatic carbocycles. The predicted octanol–water partition coefficient (Wildman–Crippen LogP) is 1.83. The number of rotatable bonds is 3. The van der Waals surface area contributed by atoms with Crippen molar-refractivity contribution in [2.45, 2.75) is 31.7 Å². The number of alkyl halides is 2. The lowest BCUT2D eigenvalue weighted by molar-refractivity contribution is 0.120. The van der Waals surface area contributed by atoms with Gasteiger partial charge >= 0.3 is 0 Å². The van der Waals surface area contributed by atoms with Gasteiger partial charge in [0, 0.05) is 11.6 Å². The van der Waals surface area contributed by atoms with Crippen molar-refractivity contribution in [3.8, 4) is 0 Å². The normalized spacial score (nSPS) is 17.2. The quantitative estimate of drug-likeness (QED) is 0.678. The van der Waals surface area contributed by atoms with E-state index in [1.165, 1.54) is 4.68 Å². The van der Waals surface area contributed by atoms with Gasteiger partial charge in [-0.3, -0.25) is 4.68 Å². The van der Waals surface area contributed by atoms with E-state index >= 15 is 0 Å². The smallest absolute Gasteiger partial charge is 0.257 e. The fraction of sp³-hybridized carbons (Fsp3) is 0.625. The molecule has 0 aliphatic heterocycles. The van der Waals surface area contributed by atoms with Crippen molar-refractivity contribution >= 4 is 0 Å². The van der Waals surface area contributed by atoms with Gasteiger partial charge in [-0.05, 0) is 18.9 Å². The zero-order valence-corrected chi connectivity index (χ0v) is 6.50. The van der Waals surface area contributed by atoms with Gasteiger partial charge in [0.2, 0.25) is 0 Å². The van der Waals surface area contributed by atoms with Gasteiger partial charge in [0.1, 0.15) is 12.7 Å². The minimum atomic E-state index is -2.32. The van der Waals surface area contributed by atoms with E-state index in [0.29, 0.717) is 5.92 Å². The van der Waals surface area contributed by atoms with Gasteiger partial charge < -0.3 is 0 Å². The molecule has 0 spiro atoms. The maximum atomic E-state index is 12.0. The lowest BCUT2D eigenvalue weighted by Gasteiger charge is -2.04. The van der Waals surface area contributed by atoms with Crippen LogP contribution in [-0.4, -0.2) is 16.2 Å². The molecule has 0 aromatic carbocycles. The number of nitrogens with zero attached hydrogens (tertiary/aromatic N) is 2. The molecule has 1 radical (unpaired) electrons. The summed E-state index contributed by atoms with van der Waals surface area (Å²) in [6, 6.07) is 1.71. The average molecular weight is 171 g/mol. The van der Waals surface area contributed by atoms with Crippen molar-refractivity contribution in [1.82, 2.24) is 9.78 Å². The van der Waals surface area contributed by atoms with Gasteiger partial charge in [-0.1, -0.05) is 0 Å². The molecular formula is C8H9F2N2. The second kappa shape index (κ2) is 2.84. The number of aromatic nitrogens is 2. The second-order valence-electron chi connectivity index (χ2n) is 3.05. The van der Waals surface area contributed by atoms with E-state index < -0.39 is 6.43 Å². The third-order valence-corrected chi connectivity index (χ3v) is 2.00. The highest BCUT2D eigenvalue weighted by Gasteiger charge is 2.27. The van der Waals surface area contributed by atoms with Crippen molar-refractivity contribution in [3.05, 3.63) is 18.0 Å². The molecule has 2 rings (SSSR count). The standard InChI is InChI=1S/C8H9F2N2/c9-8(10)5-12-7(3-4-11-12)6-1-2-6/h3,6,8H,1-2,5H2. The van der Waals surface area contributed by atoms with Crippen LogP contribution in [0.1, 0.15) is 24.5 Å².